The molecular weight excluding hydrogens is 270 g/mol. The van der Waals surface area contributed by atoms with E-state index in [0.717, 1.165) is 0 Å². The molecule has 0 saturated carbocycles. The van der Waals surface area contributed by atoms with Gasteiger partial charge in [-0.1, -0.05) is 6.07 Å². The van der Waals surface area contributed by atoms with E-state index in [4.69, 9.17) is 4.74 Å². The maximum absolute atomic E-state index is 12.8. The van der Waals surface area contributed by atoms with Gasteiger partial charge in [0.2, 0.25) is 5.91 Å². The molecule has 21 heavy (non-hydrogen) atoms. The zero-order valence-electron chi connectivity index (χ0n) is 12.4. The number of ether oxygens (including phenoxy) is 1. The van der Waals surface area contributed by atoms with Crippen LogP contribution in [0.15, 0.2) is 18.2 Å². The van der Waals surface area contributed by atoms with E-state index in [1.54, 1.807) is 23.1 Å². The summed E-state index contributed by atoms with van der Waals surface area (Å²) in [4.78, 5) is 29.0. The lowest BCUT2D eigenvalue weighted by atomic mass is 10.1. The van der Waals surface area contributed by atoms with Crippen LogP contribution in [0.1, 0.15) is 16.8 Å². The van der Waals surface area contributed by atoms with Crippen molar-refractivity contribution in [1.29, 1.82) is 0 Å². The fraction of sp³-hybridized carbons (Fsp3) is 0.467. The molecule has 2 aliphatic heterocycles. The van der Waals surface area contributed by atoms with E-state index >= 15 is 0 Å². The minimum Gasteiger partial charge on any atom is -0.496 e. The van der Waals surface area contributed by atoms with Crippen molar-refractivity contribution in [2.45, 2.75) is 18.5 Å². The largest absolute Gasteiger partial charge is 0.496 e. The van der Waals surface area contributed by atoms with Crippen LogP contribution in [0, 0.1) is 0 Å². The van der Waals surface area contributed by atoms with Crippen LogP contribution >= 0.6 is 0 Å². The van der Waals surface area contributed by atoms with Gasteiger partial charge in [-0.15, -0.1) is 0 Å². The van der Waals surface area contributed by atoms with Crippen LogP contribution in [-0.4, -0.2) is 61.4 Å². The molecule has 1 aromatic carbocycles. The molecule has 1 fully saturated rings. The molecule has 0 unspecified atom stereocenters. The van der Waals surface area contributed by atoms with Gasteiger partial charge in [0.25, 0.3) is 5.91 Å². The molecule has 2 amide bonds. The average Bonchev–Trinajstić information content (AvgIpc) is 2.88. The number of carbonyl (C=O) groups excluding carboxylic acids is 2. The SMILES string of the molecule is COc1cccc2c1C(=O)N1C[C@H](N(C)C)C[C@H]1C(=O)N2. The van der Waals surface area contributed by atoms with E-state index < -0.39 is 6.04 Å². The van der Waals surface area contributed by atoms with Crippen molar-refractivity contribution in [3.05, 3.63) is 23.8 Å². The first-order valence-electron chi connectivity index (χ1n) is 6.98. The Morgan fingerprint density at radius 3 is 2.76 bits per heavy atom. The molecule has 0 spiro atoms. The molecule has 3 rings (SSSR count). The normalized spacial score (nSPS) is 24.5. The summed E-state index contributed by atoms with van der Waals surface area (Å²) in [6, 6.07) is 5.02. The number of likely N-dealkylation sites (N-methyl/N-ethyl adjacent to an activating group) is 1. The number of rotatable bonds is 2. The molecule has 1 aromatic rings. The van der Waals surface area contributed by atoms with Gasteiger partial charge in [-0.05, 0) is 32.6 Å². The first-order chi connectivity index (χ1) is 10.0. The fourth-order valence-corrected chi connectivity index (χ4v) is 3.05. The van der Waals surface area contributed by atoms with Gasteiger partial charge in [0.15, 0.2) is 0 Å². The Bertz CT molecular complexity index is 600. The summed E-state index contributed by atoms with van der Waals surface area (Å²) >= 11 is 0. The fourth-order valence-electron chi connectivity index (χ4n) is 3.05. The van der Waals surface area contributed by atoms with Crippen LogP contribution in [-0.2, 0) is 4.79 Å². The molecule has 0 radical (unpaired) electrons. The maximum atomic E-state index is 12.8. The van der Waals surface area contributed by atoms with Crippen molar-refractivity contribution in [2.75, 3.05) is 33.1 Å². The number of anilines is 1. The van der Waals surface area contributed by atoms with E-state index in [-0.39, 0.29) is 17.9 Å². The molecule has 2 heterocycles. The number of benzene rings is 1. The highest BCUT2D eigenvalue weighted by Gasteiger charge is 2.44. The highest BCUT2D eigenvalue weighted by molar-refractivity contribution is 6.11. The van der Waals surface area contributed by atoms with Crippen molar-refractivity contribution in [3.8, 4) is 5.75 Å². The highest BCUT2D eigenvalue weighted by atomic mass is 16.5. The Labute approximate surface area is 123 Å². The van der Waals surface area contributed by atoms with Crippen LogP contribution in [0.3, 0.4) is 0 Å². The van der Waals surface area contributed by atoms with E-state index in [1.165, 1.54) is 7.11 Å². The molecule has 6 nitrogen and oxygen atoms in total. The molecule has 2 atom stereocenters. The van der Waals surface area contributed by atoms with Crippen LogP contribution < -0.4 is 10.1 Å². The number of methoxy groups -OCH3 is 1. The summed E-state index contributed by atoms with van der Waals surface area (Å²) in [6.07, 6.45) is 0.654. The lowest BCUT2D eigenvalue weighted by Gasteiger charge is -2.21. The third-order valence-electron chi connectivity index (χ3n) is 4.29. The van der Waals surface area contributed by atoms with E-state index in [1.807, 2.05) is 14.1 Å². The number of nitrogens with one attached hydrogen (secondary N) is 1. The third kappa shape index (κ3) is 2.15. The lowest BCUT2D eigenvalue weighted by molar-refractivity contribution is -0.119. The average molecular weight is 289 g/mol. The van der Waals surface area contributed by atoms with Crippen molar-refractivity contribution in [3.63, 3.8) is 0 Å². The summed E-state index contributed by atoms with van der Waals surface area (Å²) in [5.74, 6) is 0.224. The van der Waals surface area contributed by atoms with Gasteiger partial charge >= 0.3 is 0 Å². The second kappa shape index (κ2) is 5.04. The first kappa shape index (κ1) is 13.9. The smallest absolute Gasteiger partial charge is 0.260 e. The molecular formula is C15H19N3O3. The van der Waals surface area contributed by atoms with E-state index in [2.05, 4.69) is 10.2 Å². The third-order valence-corrected chi connectivity index (χ3v) is 4.29. The highest BCUT2D eigenvalue weighted by Crippen LogP contribution is 2.34. The zero-order valence-corrected chi connectivity index (χ0v) is 12.4. The van der Waals surface area contributed by atoms with Gasteiger partial charge in [-0.3, -0.25) is 9.59 Å². The summed E-state index contributed by atoms with van der Waals surface area (Å²) < 4.78 is 5.29. The molecule has 0 bridgehead atoms. The molecule has 0 aliphatic carbocycles. The summed E-state index contributed by atoms with van der Waals surface area (Å²) in [5, 5.41) is 2.86. The van der Waals surface area contributed by atoms with Gasteiger partial charge in [-0.25, -0.2) is 0 Å². The molecule has 0 aromatic heterocycles. The number of fused-ring (bicyclic) bond motifs is 2. The predicted octanol–water partition coefficient (Wildman–Crippen LogP) is 0.792. The Kier molecular flexibility index (Phi) is 3.33. The predicted molar refractivity (Wildman–Crippen MR) is 78.5 cm³/mol. The van der Waals surface area contributed by atoms with Crippen molar-refractivity contribution in [2.24, 2.45) is 0 Å². The van der Waals surface area contributed by atoms with Crippen LogP contribution in [0.25, 0.3) is 0 Å². The lowest BCUT2D eigenvalue weighted by Crippen LogP contribution is -2.40. The van der Waals surface area contributed by atoms with Crippen LogP contribution in [0.5, 0.6) is 5.75 Å². The Morgan fingerprint density at radius 2 is 2.10 bits per heavy atom. The standard InChI is InChI=1S/C15H19N3O3/c1-17(2)9-7-11-14(19)16-10-5-4-6-12(21-3)13(10)15(20)18(11)8-9/h4-6,9,11H,7-8H2,1-3H3,(H,16,19)/t9-,11+/m1/s1. The first-order valence-corrected chi connectivity index (χ1v) is 6.98. The van der Waals surface area contributed by atoms with E-state index in [9.17, 15) is 9.59 Å². The van der Waals surface area contributed by atoms with Crippen LogP contribution in [0.4, 0.5) is 5.69 Å². The quantitative estimate of drug-likeness (QED) is 0.874. The van der Waals surface area contributed by atoms with E-state index in [0.29, 0.717) is 30.0 Å². The molecule has 1 saturated heterocycles. The Balaban J connectivity index is 2.04. The van der Waals surface area contributed by atoms with Crippen LogP contribution in [0.2, 0.25) is 0 Å². The summed E-state index contributed by atoms with van der Waals surface area (Å²) in [7, 11) is 5.46. The molecule has 1 N–H and O–H groups in total. The molecule has 2 aliphatic rings. The van der Waals surface area contributed by atoms with Gasteiger partial charge in [-0.2, -0.15) is 0 Å². The Hall–Kier alpha value is -2.08. The number of carbonyl (C=O) groups is 2. The number of amides is 2. The zero-order chi connectivity index (χ0) is 15.1. The molecule has 112 valence electrons. The minimum atomic E-state index is -0.415. The van der Waals surface area contributed by atoms with Gasteiger partial charge in [0, 0.05) is 12.6 Å². The second-order valence-electron chi connectivity index (χ2n) is 5.70. The Morgan fingerprint density at radius 1 is 1.33 bits per heavy atom. The topological polar surface area (TPSA) is 61.9 Å². The van der Waals surface area contributed by atoms with Crippen molar-refractivity contribution >= 4 is 17.5 Å². The summed E-state index contributed by atoms with van der Waals surface area (Å²) in [5.41, 5.74) is 0.968. The number of hydrogen-bond acceptors (Lipinski definition) is 4. The number of nitrogens with zero attached hydrogens (tertiary/aromatic N) is 2. The van der Waals surface area contributed by atoms with Gasteiger partial charge in [0.05, 0.1) is 12.8 Å². The number of hydrogen-bond donors (Lipinski definition) is 1. The van der Waals surface area contributed by atoms with Crippen molar-refractivity contribution in [1.82, 2.24) is 9.80 Å². The van der Waals surface area contributed by atoms with Gasteiger partial charge < -0.3 is 19.9 Å². The maximum Gasteiger partial charge on any atom is 0.260 e. The monoisotopic (exact) mass is 289 g/mol. The minimum absolute atomic E-state index is 0.125. The van der Waals surface area contributed by atoms with Gasteiger partial charge in [0.1, 0.15) is 17.4 Å². The van der Waals surface area contributed by atoms with Crippen molar-refractivity contribution < 1.29 is 14.3 Å². The second-order valence-corrected chi connectivity index (χ2v) is 5.70. The summed E-state index contributed by atoms with van der Waals surface area (Å²) in [6.45, 7) is 0.557. The molecule has 6 heteroatoms.